The van der Waals surface area contributed by atoms with Crippen LogP contribution in [0.4, 0.5) is 0 Å². The molecule has 1 fully saturated rings. The first kappa shape index (κ1) is 16.0. The maximum atomic E-state index is 12.5. The molecular formula is C16H21N5OS. The van der Waals surface area contributed by atoms with Crippen LogP contribution in [-0.4, -0.2) is 31.9 Å². The van der Waals surface area contributed by atoms with Crippen molar-refractivity contribution in [1.82, 2.24) is 25.5 Å². The van der Waals surface area contributed by atoms with Gasteiger partial charge < -0.3 is 5.32 Å². The van der Waals surface area contributed by atoms with E-state index in [1.807, 2.05) is 28.9 Å². The van der Waals surface area contributed by atoms with E-state index in [-0.39, 0.29) is 5.91 Å². The van der Waals surface area contributed by atoms with E-state index in [9.17, 15) is 4.79 Å². The quantitative estimate of drug-likeness (QED) is 0.824. The van der Waals surface area contributed by atoms with Crippen LogP contribution >= 0.6 is 11.8 Å². The van der Waals surface area contributed by atoms with Crippen molar-refractivity contribution in [2.45, 2.75) is 50.1 Å². The van der Waals surface area contributed by atoms with E-state index in [0.29, 0.717) is 18.2 Å². The van der Waals surface area contributed by atoms with Crippen molar-refractivity contribution in [2.75, 3.05) is 5.75 Å². The van der Waals surface area contributed by atoms with Gasteiger partial charge in [-0.15, -0.1) is 16.9 Å². The predicted octanol–water partition coefficient (Wildman–Crippen LogP) is 2.83. The van der Waals surface area contributed by atoms with Crippen molar-refractivity contribution in [1.29, 1.82) is 0 Å². The zero-order valence-electron chi connectivity index (χ0n) is 13.2. The Kier molecular flexibility index (Phi) is 5.27. The topological polar surface area (TPSA) is 72.7 Å². The lowest BCUT2D eigenvalue weighted by Gasteiger charge is -2.12. The molecule has 0 bridgehead atoms. The van der Waals surface area contributed by atoms with Gasteiger partial charge >= 0.3 is 0 Å². The summed E-state index contributed by atoms with van der Waals surface area (Å²) in [4.78, 5) is 13.5. The number of carbonyl (C=O) groups is 1. The van der Waals surface area contributed by atoms with Gasteiger partial charge in [0.2, 0.25) is 0 Å². The lowest BCUT2D eigenvalue weighted by Crippen LogP contribution is -2.26. The van der Waals surface area contributed by atoms with Crippen LogP contribution in [0.2, 0.25) is 0 Å². The monoisotopic (exact) mass is 331 g/mol. The number of tetrazole rings is 1. The van der Waals surface area contributed by atoms with E-state index >= 15 is 0 Å². The minimum absolute atomic E-state index is 0.0810. The summed E-state index contributed by atoms with van der Waals surface area (Å²) in [6.07, 6.45) is 4.67. The highest BCUT2D eigenvalue weighted by Gasteiger charge is 2.21. The third-order valence-corrected chi connectivity index (χ3v) is 5.03. The highest BCUT2D eigenvalue weighted by Crippen LogP contribution is 2.29. The molecule has 6 nitrogen and oxygen atoms in total. The van der Waals surface area contributed by atoms with Gasteiger partial charge in [0, 0.05) is 4.90 Å². The van der Waals surface area contributed by atoms with E-state index < -0.39 is 0 Å². The Hall–Kier alpha value is -1.89. The molecule has 1 aliphatic rings. The molecular weight excluding hydrogens is 310 g/mol. The first-order chi connectivity index (χ1) is 11.3. The maximum absolute atomic E-state index is 12.5. The molecule has 2 aromatic rings. The number of thioether (sulfide) groups is 1. The molecule has 1 saturated carbocycles. The summed E-state index contributed by atoms with van der Waals surface area (Å²) in [5.74, 6) is 1.58. The standard InChI is InChI=1S/C16H21N5OS/c1-2-23-14-10-6-5-9-13(14)16(22)17-11-15-18-19-20-21(15)12-7-3-4-8-12/h5-6,9-10,12H,2-4,7-8,11H2,1H3,(H,17,22). The Labute approximate surface area is 140 Å². The Morgan fingerprint density at radius 3 is 2.91 bits per heavy atom. The second-order valence-corrected chi connectivity index (χ2v) is 6.90. The maximum Gasteiger partial charge on any atom is 0.252 e. The van der Waals surface area contributed by atoms with Gasteiger partial charge in [0.25, 0.3) is 5.91 Å². The first-order valence-corrected chi connectivity index (χ1v) is 9.05. The summed E-state index contributed by atoms with van der Waals surface area (Å²) in [5.41, 5.74) is 0.708. The molecule has 1 heterocycles. The van der Waals surface area contributed by atoms with Crippen LogP contribution < -0.4 is 5.32 Å². The summed E-state index contributed by atoms with van der Waals surface area (Å²) in [5, 5.41) is 14.9. The van der Waals surface area contributed by atoms with Gasteiger partial charge in [-0.05, 0) is 41.2 Å². The number of nitrogens with zero attached hydrogens (tertiary/aromatic N) is 4. The molecule has 122 valence electrons. The number of amides is 1. The summed E-state index contributed by atoms with van der Waals surface area (Å²) < 4.78 is 1.87. The van der Waals surface area contributed by atoms with E-state index in [1.54, 1.807) is 11.8 Å². The smallest absolute Gasteiger partial charge is 0.252 e. The van der Waals surface area contributed by atoms with Gasteiger partial charge in [0.05, 0.1) is 18.2 Å². The van der Waals surface area contributed by atoms with Crippen LogP contribution in [0.15, 0.2) is 29.2 Å². The first-order valence-electron chi connectivity index (χ1n) is 8.06. The molecule has 1 amide bonds. The van der Waals surface area contributed by atoms with Gasteiger partial charge in [0.15, 0.2) is 5.82 Å². The van der Waals surface area contributed by atoms with Crippen molar-refractivity contribution in [3.05, 3.63) is 35.7 Å². The van der Waals surface area contributed by atoms with Crippen molar-refractivity contribution in [2.24, 2.45) is 0 Å². The van der Waals surface area contributed by atoms with Crippen molar-refractivity contribution in [3.63, 3.8) is 0 Å². The van der Waals surface area contributed by atoms with Crippen LogP contribution in [0, 0.1) is 0 Å². The Morgan fingerprint density at radius 2 is 2.13 bits per heavy atom. The Bertz CT molecular complexity index is 666. The lowest BCUT2D eigenvalue weighted by molar-refractivity contribution is 0.0946. The number of rotatable bonds is 6. The number of hydrogen-bond donors (Lipinski definition) is 1. The van der Waals surface area contributed by atoms with Crippen molar-refractivity contribution in [3.8, 4) is 0 Å². The third kappa shape index (κ3) is 3.72. The molecule has 0 aliphatic heterocycles. The molecule has 0 unspecified atom stereocenters. The second-order valence-electron chi connectivity index (χ2n) is 5.59. The third-order valence-electron chi connectivity index (χ3n) is 4.07. The molecule has 1 N–H and O–H groups in total. The minimum Gasteiger partial charge on any atom is -0.345 e. The van der Waals surface area contributed by atoms with Crippen LogP contribution in [0.25, 0.3) is 0 Å². The average Bonchev–Trinajstić information content (AvgIpc) is 3.24. The molecule has 1 aliphatic carbocycles. The number of aromatic nitrogens is 4. The molecule has 23 heavy (non-hydrogen) atoms. The molecule has 0 saturated heterocycles. The fraction of sp³-hybridized carbons (Fsp3) is 0.500. The van der Waals surface area contributed by atoms with Crippen LogP contribution in [-0.2, 0) is 6.54 Å². The van der Waals surface area contributed by atoms with E-state index in [4.69, 9.17) is 0 Å². The van der Waals surface area contributed by atoms with E-state index in [1.165, 1.54) is 12.8 Å². The fourth-order valence-electron chi connectivity index (χ4n) is 2.95. The molecule has 0 radical (unpaired) electrons. The summed E-state index contributed by atoms with van der Waals surface area (Å²) >= 11 is 1.67. The van der Waals surface area contributed by atoms with Gasteiger partial charge in [-0.1, -0.05) is 31.9 Å². The SMILES string of the molecule is CCSc1ccccc1C(=O)NCc1nnnn1C1CCCC1. The molecule has 0 spiro atoms. The Morgan fingerprint density at radius 1 is 1.35 bits per heavy atom. The van der Waals surface area contributed by atoms with Crippen molar-refractivity contribution >= 4 is 17.7 Å². The normalized spacial score (nSPS) is 15.0. The van der Waals surface area contributed by atoms with Gasteiger partial charge in [-0.3, -0.25) is 4.79 Å². The van der Waals surface area contributed by atoms with Gasteiger partial charge in [-0.25, -0.2) is 4.68 Å². The summed E-state index contributed by atoms with van der Waals surface area (Å²) in [6, 6.07) is 8.05. The molecule has 0 atom stereocenters. The van der Waals surface area contributed by atoms with Crippen LogP contribution in [0.5, 0.6) is 0 Å². The molecule has 7 heteroatoms. The molecule has 1 aromatic carbocycles. The van der Waals surface area contributed by atoms with Gasteiger partial charge in [-0.2, -0.15) is 0 Å². The summed E-state index contributed by atoms with van der Waals surface area (Å²) in [6.45, 7) is 2.43. The Balaban J connectivity index is 1.67. The fourth-order valence-corrected chi connectivity index (χ4v) is 3.75. The highest BCUT2D eigenvalue weighted by atomic mass is 32.2. The molecule has 1 aromatic heterocycles. The van der Waals surface area contributed by atoms with E-state index in [2.05, 4.69) is 27.8 Å². The second kappa shape index (κ2) is 7.59. The summed E-state index contributed by atoms with van der Waals surface area (Å²) in [7, 11) is 0. The zero-order valence-corrected chi connectivity index (χ0v) is 14.1. The zero-order chi connectivity index (χ0) is 16.1. The number of nitrogens with one attached hydrogen (secondary N) is 1. The number of hydrogen-bond acceptors (Lipinski definition) is 5. The van der Waals surface area contributed by atoms with Crippen molar-refractivity contribution < 1.29 is 4.79 Å². The predicted molar refractivity (Wildman–Crippen MR) is 89.3 cm³/mol. The van der Waals surface area contributed by atoms with Gasteiger partial charge in [0.1, 0.15) is 0 Å². The average molecular weight is 331 g/mol. The number of carbonyl (C=O) groups excluding carboxylic acids is 1. The molecule has 3 rings (SSSR count). The minimum atomic E-state index is -0.0810. The van der Waals surface area contributed by atoms with Crippen LogP contribution in [0.3, 0.4) is 0 Å². The van der Waals surface area contributed by atoms with Crippen LogP contribution in [0.1, 0.15) is 54.8 Å². The van der Waals surface area contributed by atoms with E-state index in [0.717, 1.165) is 29.3 Å². The lowest BCUT2D eigenvalue weighted by atomic mass is 10.2. The largest absolute Gasteiger partial charge is 0.345 e. The number of benzene rings is 1. The highest BCUT2D eigenvalue weighted by molar-refractivity contribution is 7.99.